The number of benzene rings is 1. The maximum absolute atomic E-state index is 14.0. The third-order valence-corrected chi connectivity index (χ3v) is 8.56. The number of carbonyl (C=O) groups excluding carboxylic acids is 1. The first-order valence-electron chi connectivity index (χ1n) is 11.9. The number of amides is 1. The molecule has 172 valence electrons. The fourth-order valence-electron chi connectivity index (χ4n) is 5.37. The van der Waals surface area contributed by atoms with Gasteiger partial charge in [0.1, 0.15) is 5.76 Å². The van der Waals surface area contributed by atoms with Gasteiger partial charge in [0.05, 0.1) is 28.6 Å². The lowest BCUT2D eigenvalue weighted by Gasteiger charge is -2.41. The van der Waals surface area contributed by atoms with Crippen LogP contribution in [0.3, 0.4) is 0 Å². The molecule has 1 fully saturated rings. The van der Waals surface area contributed by atoms with E-state index in [1.807, 2.05) is 54.3 Å². The van der Waals surface area contributed by atoms with Gasteiger partial charge in [-0.05, 0) is 49.4 Å². The minimum Gasteiger partial charge on any atom is -0.467 e. The van der Waals surface area contributed by atoms with Gasteiger partial charge in [0.2, 0.25) is 0 Å². The van der Waals surface area contributed by atoms with E-state index in [0.29, 0.717) is 35.2 Å². The first-order chi connectivity index (χ1) is 16.0. The van der Waals surface area contributed by atoms with Crippen molar-refractivity contribution in [1.82, 2.24) is 9.47 Å². The summed E-state index contributed by atoms with van der Waals surface area (Å²) in [6.07, 6.45) is 4.97. The van der Waals surface area contributed by atoms with Gasteiger partial charge < -0.3 is 13.9 Å². The first kappa shape index (κ1) is 22.0. The Hall–Kier alpha value is -2.86. The molecule has 33 heavy (non-hydrogen) atoms. The lowest BCUT2D eigenvalue weighted by molar-refractivity contribution is 0.0432. The molecule has 1 amide bonds. The molecule has 4 aromatic rings. The normalized spacial score (nSPS) is 21.0. The first-order valence-corrected chi connectivity index (χ1v) is 12.7. The summed E-state index contributed by atoms with van der Waals surface area (Å²) >= 11 is 1.44. The molecule has 5 rings (SSSR count). The molecule has 3 aromatic heterocycles. The molecule has 0 unspecified atom stereocenters. The molecule has 3 atom stereocenters. The summed E-state index contributed by atoms with van der Waals surface area (Å²) in [4.78, 5) is 29.9. The van der Waals surface area contributed by atoms with Crippen molar-refractivity contribution >= 4 is 38.2 Å². The van der Waals surface area contributed by atoms with Crippen molar-refractivity contribution in [3.05, 3.63) is 69.7 Å². The fraction of sp³-hybridized carbons (Fsp3) is 0.407. The zero-order valence-electron chi connectivity index (χ0n) is 19.4. The number of pyridine rings is 1. The van der Waals surface area contributed by atoms with Crippen LogP contribution < -0.4 is 5.56 Å². The van der Waals surface area contributed by atoms with Crippen LogP contribution in [0.2, 0.25) is 0 Å². The molecular formula is C27H30N2O3S. The third kappa shape index (κ3) is 3.80. The number of carbonyl (C=O) groups is 1. The molecular weight excluding hydrogens is 432 g/mol. The Morgan fingerprint density at radius 2 is 1.97 bits per heavy atom. The second kappa shape index (κ2) is 8.82. The van der Waals surface area contributed by atoms with Crippen LogP contribution in [0.4, 0.5) is 0 Å². The summed E-state index contributed by atoms with van der Waals surface area (Å²) < 4.78 is 8.32. The molecule has 0 aliphatic heterocycles. The number of fused-ring (bicyclic) bond motifs is 3. The second-order valence-electron chi connectivity index (χ2n) is 9.27. The van der Waals surface area contributed by atoms with E-state index in [2.05, 4.69) is 13.8 Å². The average Bonchev–Trinajstić information content (AvgIpc) is 3.50. The number of rotatable bonds is 5. The maximum atomic E-state index is 14.0. The molecule has 5 nitrogen and oxygen atoms in total. The van der Waals surface area contributed by atoms with Gasteiger partial charge in [0, 0.05) is 22.7 Å². The second-order valence-corrected chi connectivity index (χ2v) is 10.3. The lowest BCUT2D eigenvalue weighted by Crippen LogP contribution is -2.46. The quantitative estimate of drug-likeness (QED) is 0.350. The van der Waals surface area contributed by atoms with Crippen LogP contribution in [0.15, 0.2) is 57.9 Å². The Labute approximate surface area is 197 Å². The highest BCUT2D eigenvalue weighted by molar-refractivity contribution is 7.21. The highest BCUT2D eigenvalue weighted by Gasteiger charge is 2.35. The summed E-state index contributed by atoms with van der Waals surface area (Å²) in [6.45, 7) is 7.56. The average molecular weight is 463 g/mol. The van der Waals surface area contributed by atoms with Crippen molar-refractivity contribution in [1.29, 1.82) is 0 Å². The van der Waals surface area contributed by atoms with Gasteiger partial charge in [-0.3, -0.25) is 9.59 Å². The Bertz CT molecular complexity index is 1350. The minimum absolute atomic E-state index is 0.00919. The van der Waals surface area contributed by atoms with Gasteiger partial charge in [0.25, 0.3) is 11.5 Å². The summed E-state index contributed by atoms with van der Waals surface area (Å²) in [7, 11) is 0. The molecule has 1 aliphatic carbocycles. The maximum Gasteiger partial charge on any atom is 0.264 e. The molecule has 0 saturated heterocycles. The molecule has 1 aliphatic rings. The van der Waals surface area contributed by atoms with Gasteiger partial charge in [0.15, 0.2) is 0 Å². The van der Waals surface area contributed by atoms with Gasteiger partial charge >= 0.3 is 0 Å². The predicted molar refractivity (Wildman–Crippen MR) is 134 cm³/mol. The van der Waals surface area contributed by atoms with Gasteiger partial charge in [-0.1, -0.05) is 44.9 Å². The van der Waals surface area contributed by atoms with Gasteiger partial charge in [-0.2, -0.15) is 0 Å². The van der Waals surface area contributed by atoms with E-state index in [4.69, 9.17) is 4.42 Å². The smallest absolute Gasteiger partial charge is 0.264 e. The van der Waals surface area contributed by atoms with Crippen molar-refractivity contribution in [3.8, 4) is 0 Å². The summed E-state index contributed by atoms with van der Waals surface area (Å²) in [5.74, 6) is 1.75. The Balaban J connectivity index is 1.62. The zero-order chi connectivity index (χ0) is 23.1. The van der Waals surface area contributed by atoms with Gasteiger partial charge in [-0.15, -0.1) is 11.3 Å². The highest BCUT2D eigenvalue weighted by Crippen LogP contribution is 2.36. The molecule has 0 radical (unpaired) electrons. The fourth-order valence-corrected chi connectivity index (χ4v) is 6.51. The lowest BCUT2D eigenvalue weighted by atomic mass is 9.77. The number of aryl methyl sites for hydroxylation is 1. The molecule has 1 saturated carbocycles. The predicted octanol–water partition coefficient (Wildman–Crippen LogP) is 6.30. The largest absolute Gasteiger partial charge is 0.467 e. The van der Waals surface area contributed by atoms with Crippen molar-refractivity contribution in [2.24, 2.45) is 11.8 Å². The van der Waals surface area contributed by atoms with Crippen LogP contribution in [0, 0.1) is 11.8 Å². The van der Waals surface area contributed by atoms with Crippen LogP contribution in [0.25, 0.3) is 21.0 Å². The van der Waals surface area contributed by atoms with Crippen molar-refractivity contribution in [2.75, 3.05) is 0 Å². The van der Waals surface area contributed by atoms with E-state index in [1.165, 1.54) is 17.8 Å². The van der Waals surface area contributed by atoms with Crippen LogP contribution in [0.5, 0.6) is 0 Å². The number of hydrogen-bond donors (Lipinski definition) is 0. The molecule has 3 heterocycles. The SMILES string of the molecule is CCn1c(=O)c2cc(C(=O)N(Cc3ccco3)[C@@H]3CCC[C@@H](C)[C@H]3C)sc2c2ccccc21. The zero-order valence-corrected chi connectivity index (χ0v) is 20.2. The minimum atomic E-state index is -0.0289. The van der Waals surface area contributed by atoms with Gasteiger partial charge in [-0.25, -0.2) is 0 Å². The third-order valence-electron chi connectivity index (χ3n) is 7.41. The van der Waals surface area contributed by atoms with Crippen LogP contribution in [-0.2, 0) is 13.1 Å². The Morgan fingerprint density at radius 1 is 1.15 bits per heavy atom. The molecule has 0 N–H and O–H groups in total. The Kier molecular flexibility index (Phi) is 5.87. The number of thiophene rings is 1. The summed E-state index contributed by atoms with van der Waals surface area (Å²) in [6, 6.07) is 13.7. The highest BCUT2D eigenvalue weighted by atomic mass is 32.1. The van der Waals surface area contributed by atoms with E-state index in [1.54, 1.807) is 10.8 Å². The number of para-hydroxylation sites is 1. The van der Waals surface area contributed by atoms with Crippen molar-refractivity contribution in [2.45, 2.75) is 59.2 Å². The molecule has 1 aromatic carbocycles. The summed E-state index contributed by atoms with van der Waals surface area (Å²) in [5.41, 5.74) is 0.888. The topological polar surface area (TPSA) is 55.5 Å². The molecule has 0 bridgehead atoms. The van der Waals surface area contributed by atoms with Crippen molar-refractivity contribution in [3.63, 3.8) is 0 Å². The monoisotopic (exact) mass is 462 g/mol. The van der Waals surface area contributed by atoms with E-state index < -0.39 is 0 Å². The summed E-state index contributed by atoms with van der Waals surface area (Å²) in [5, 5.41) is 1.65. The van der Waals surface area contributed by atoms with E-state index in [0.717, 1.165) is 34.2 Å². The standard InChI is InChI=1S/C27H30N2O3S/c1-4-28-23-12-6-5-11-20(23)25-21(26(28)30)15-24(33-25)27(31)29(16-19-10-8-14-32-19)22-13-7-9-17(2)18(22)3/h5-6,8,10-12,14-15,17-18,22H,4,7,9,13,16H2,1-3H3/t17-,18-,22-/m1/s1. The molecule has 0 spiro atoms. The Morgan fingerprint density at radius 3 is 2.73 bits per heavy atom. The van der Waals surface area contributed by atoms with E-state index in [9.17, 15) is 9.59 Å². The van der Waals surface area contributed by atoms with E-state index in [-0.39, 0.29) is 17.5 Å². The van der Waals surface area contributed by atoms with Crippen molar-refractivity contribution < 1.29 is 9.21 Å². The van der Waals surface area contributed by atoms with Crippen LogP contribution in [0.1, 0.15) is 55.5 Å². The number of aromatic nitrogens is 1. The van der Waals surface area contributed by atoms with Crippen LogP contribution in [-0.4, -0.2) is 21.4 Å². The number of nitrogens with zero attached hydrogens (tertiary/aromatic N) is 2. The van der Waals surface area contributed by atoms with E-state index >= 15 is 0 Å². The molecule has 6 heteroatoms. The number of hydrogen-bond acceptors (Lipinski definition) is 4. The van der Waals surface area contributed by atoms with Crippen LogP contribution >= 0.6 is 11.3 Å². The number of furan rings is 1.